The standard InChI is InChI=1S/C18H25N7S/c1-4-8-25-12-17(11-23-25)24-18(20-10-14(2)26-3)22-13-21-16-7-5-6-15(19)9-16/h5-7,9-13H,4,8,19H2,1-3H3,(H2,20,21,22,24)/b14-10+. The van der Waals surface area contributed by atoms with Crippen LogP contribution in [0.4, 0.5) is 17.1 Å². The molecule has 0 atom stereocenters. The summed E-state index contributed by atoms with van der Waals surface area (Å²) in [6.45, 7) is 4.99. The van der Waals surface area contributed by atoms with E-state index in [0.29, 0.717) is 11.6 Å². The predicted octanol–water partition coefficient (Wildman–Crippen LogP) is 4.01. The second-order valence-electron chi connectivity index (χ2n) is 5.54. The summed E-state index contributed by atoms with van der Waals surface area (Å²) >= 11 is 1.63. The maximum atomic E-state index is 5.78. The lowest BCUT2D eigenvalue weighted by Crippen LogP contribution is -2.10. The lowest BCUT2D eigenvalue weighted by Gasteiger charge is -2.04. The number of nitrogens with one attached hydrogen (secondary N) is 2. The number of thioether (sulfide) groups is 1. The average molecular weight is 372 g/mol. The molecule has 0 aliphatic carbocycles. The second-order valence-corrected chi connectivity index (χ2v) is 6.59. The molecule has 8 heteroatoms. The fourth-order valence-electron chi connectivity index (χ4n) is 2.01. The number of allylic oxidation sites excluding steroid dienone is 1. The monoisotopic (exact) mass is 371 g/mol. The summed E-state index contributed by atoms with van der Waals surface area (Å²) in [5.74, 6) is 0.464. The first-order valence-corrected chi connectivity index (χ1v) is 9.56. The first kappa shape index (κ1) is 19.6. The predicted molar refractivity (Wildman–Crippen MR) is 114 cm³/mol. The van der Waals surface area contributed by atoms with E-state index in [-0.39, 0.29) is 0 Å². The molecule has 1 aromatic carbocycles. The number of aliphatic imine (C=N–C) groups is 2. The van der Waals surface area contributed by atoms with Crippen LogP contribution in [0.25, 0.3) is 0 Å². The van der Waals surface area contributed by atoms with Crippen LogP contribution in [0.15, 0.2) is 57.7 Å². The number of rotatable bonds is 7. The molecule has 0 aliphatic rings. The van der Waals surface area contributed by atoms with Gasteiger partial charge in [-0.05, 0) is 42.7 Å². The zero-order chi connectivity index (χ0) is 18.8. The fraction of sp³-hybridized carbons (Fsp3) is 0.278. The van der Waals surface area contributed by atoms with Crippen LogP contribution >= 0.6 is 11.8 Å². The second kappa shape index (κ2) is 10.3. The van der Waals surface area contributed by atoms with Gasteiger partial charge in [-0.3, -0.25) is 4.68 Å². The lowest BCUT2D eigenvalue weighted by molar-refractivity contribution is 0.603. The summed E-state index contributed by atoms with van der Waals surface area (Å²) in [4.78, 5) is 9.88. The number of aromatic nitrogens is 2. The summed E-state index contributed by atoms with van der Waals surface area (Å²) in [5, 5.41) is 10.6. The first-order valence-electron chi connectivity index (χ1n) is 8.33. The molecule has 0 unspecified atom stereocenters. The Morgan fingerprint density at radius 1 is 1.38 bits per heavy atom. The molecule has 0 amide bonds. The quantitative estimate of drug-likeness (QED) is 0.388. The number of benzene rings is 1. The van der Waals surface area contributed by atoms with Crippen LogP contribution < -0.4 is 16.4 Å². The number of aryl methyl sites for hydroxylation is 1. The zero-order valence-corrected chi connectivity index (χ0v) is 16.1. The van der Waals surface area contributed by atoms with E-state index in [1.165, 1.54) is 0 Å². The van der Waals surface area contributed by atoms with Gasteiger partial charge in [-0.2, -0.15) is 5.10 Å². The van der Waals surface area contributed by atoms with Crippen molar-refractivity contribution in [3.63, 3.8) is 0 Å². The summed E-state index contributed by atoms with van der Waals surface area (Å²) in [6.07, 6.45) is 10.1. The molecule has 1 heterocycles. The maximum Gasteiger partial charge on any atom is 0.228 e. The van der Waals surface area contributed by atoms with Gasteiger partial charge in [0, 0.05) is 30.3 Å². The van der Waals surface area contributed by atoms with Crippen LogP contribution in [0.3, 0.4) is 0 Å². The van der Waals surface area contributed by atoms with Crippen molar-refractivity contribution >= 4 is 41.1 Å². The van der Waals surface area contributed by atoms with E-state index in [1.54, 1.807) is 30.5 Å². The third kappa shape index (κ3) is 6.64. The first-order chi connectivity index (χ1) is 12.6. The Hall–Kier alpha value is -2.74. The summed E-state index contributed by atoms with van der Waals surface area (Å²) in [7, 11) is 0. The molecule has 7 nitrogen and oxygen atoms in total. The van der Waals surface area contributed by atoms with Gasteiger partial charge in [-0.25, -0.2) is 9.98 Å². The fourth-order valence-corrected chi connectivity index (χ4v) is 2.17. The van der Waals surface area contributed by atoms with Crippen molar-refractivity contribution in [2.45, 2.75) is 26.8 Å². The Bertz CT molecular complexity index is 792. The highest BCUT2D eigenvalue weighted by Crippen LogP contribution is 2.12. The van der Waals surface area contributed by atoms with Crippen LogP contribution in [0, 0.1) is 0 Å². The lowest BCUT2D eigenvalue weighted by atomic mass is 10.3. The number of hydrogen-bond donors (Lipinski definition) is 3. The summed E-state index contributed by atoms with van der Waals surface area (Å²) in [6, 6.07) is 7.47. The number of guanidine groups is 1. The molecule has 2 aromatic rings. The van der Waals surface area contributed by atoms with Gasteiger partial charge >= 0.3 is 0 Å². The smallest absolute Gasteiger partial charge is 0.228 e. The molecule has 138 valence electrons. The minimum atomic E-state index is 0.464. The number of nitrogens with two attached hydrogens (primary N) is 1. The van der Waals surface area contributed by atoms with E-state index >= 15 is 0 Å². The van der Waals surface area contributed by atoms with E-state index in [2.05, 4.69) is 32.6 Å². The molecular weight excluding hydrogens is 346 g/mol. The van der Waals surface area contributed by atoms with E-state index in [0.717, 1.165) is 29.2 Å². The third-order valence-electron chi connectivity index (χ3n) is 3.34. The Morgan fingerprint density at radius 2 is 2.23 bits per heavy atom. The molecule has 1 aromatic heterocycles. The van der Waals surface area contributed by atoms with Crippen molar-refractivity contribution in [1.82, 2.24) is 9.78 Å². The van der Waals surface area contributed by atoms with E-state index < -0.39 is 0 Å². The van der Waals surface area contributed by atoms with E-state index in [9.17, 15) is 0 Å². The van der Waals surface area contributed by atoms with Crippen LogP contribution in [0.2, 0.25) is 0 Å². The summed E-state index contributed by atoms with van der Waals surface area (Å²) in [5.41, 5.74) is 8.17. The SMILES string of the molecule is CCCn1cc(NC(=N/C=C(\C)SC)/N=C/Nc2cccc(N)c2)cn1. The number of nitrogen functional groups attached to an aromatic ring is 1. The van der Waals surface area contributed by atoms with Gasteiger partial charge in [0.15, 0.2) is 0 Å². The molecule has 0 fully saturated rings. The van der Waals surface area contributed by atoms with E-state index in [1.807, 2.05) is 48.3 Å². The van der Waals surface area contributed by atoms with Crippen LogP contribution in [0.1, 0.15) is 20.3 Å². The van der Waals surface area contributed by atoms with Gasteiger partial charge < -0.3 is 16.4 Å². The van der Waals surface area contributed by atoms with Crippen LogP contribution in [-0.2, 0) is 6.54 Å². The molecule has 2 rings (SSSR count). The minimum absolute atomic E-state index is 0.464. The number of anilines is 3. The van der Waals surface area contributed by atoms with Crippen LogP contribution in [-0.4, -0.2) is 28.3 Å². The molecule has 0 spiro atoms. The molecule has 0 saturated carbocycles. The van der Waals surface area contributed by atoms with Gasteiger partial charge in [-0.1, -0.05) is 13.0 Å². The Balaban J connectivity index is 2.10. The topological polar surface area (TPSA) is 92.6 Å². The maximum absolute atomic E-state index is 5.78. The molecular formula is C18H25N7S. The van der Waals surface area contributed by atoms with Crippen molar-refractivity contribution in [1.29, 1.82) is 0 Å². The number of nitrogens with zero attached hydrogens (tertiary/aromatic N) is 4. The molecule has 26 heavy (non-hydrogen) atoms. The van der Waals surface area contributed by atoms with Gasteiger partial charge in [-0.15, -0.1) is 11.8 Å². The van der Waals surface area contributed by atoms with Crippen molar-refractivity contribution < 1.29 is 0 Å². The van der Waals surface area contributed by atoms with Crippen molar-refractivity contribution in [2.75, 3.05) is 22.6 Å². The highest BCUT2D eigenvalue weighted by Gasteiger charge is 2.01. The van der Waals surface area contributed by atoms with Crippen molar-refractivity contribution in [3.05, 3.63) is 47.8 Å². The zero-order valence-electron chi connectivity index (χ0n) is 15.3. The molecule has 0 saturated heterocycles. The normalized spacial score (nSPS) is 12.6. The number of hydrogen-bond acceptors (Lipinski definition) is 4. The highest BCUT2D eigenvalue weighted by molar-refractivity contribution is 8.02. The Morgan fingerprint density at radius 3 is 2.96 bits per heavy atom. The van der Waals surface area contributed by atoms with Crippen molar-refractivity contribution in [2.24, 2.45) is 9.98 Å². The van der Waals surface area contributed by atoms with Gasteiger partial charge in [0.05, 0.1) is 18.2 Å². The average Bonchev–Trinajstić information content (AvgIpc) is 3.06. The van der Waals surface area contributed by atoms with Gasteiger partial charge in [0.25, 0.3) is 0 Å². The van der Waals surface area contributed by atoms with E-state index in [4.69, 9.17) is 5.73 Å². The van der Waals surface area contributed by atoms with Crippen LogP contribution in [0.5, 0.6) is 0 Å². The van der Waals surface area contributed by atoms with Gasteiger partial charge in [0.1, 0.15) is 0 Å². The minimum Gasteiger partial charge on any atom is -0.399 e. The molecule has 0 aliphatic heterocycles. The molecule has 4 N–H and O–H groups in total. The molecule has 0 radical (unpaired) electrons. The Kier molecular flexibility index (Phi) is 7.75. The summed E-state index contributed by atoms with van der Waals surface area (Å²) < 4.78 is 1.89. The Labute approximate surface area is 158 Å². The molecule has 0 bridgehead atoms. The van der Waals surface area contributed by atoms with Crippen molar-refractivity contribution in [3.8, 4) is 0 Å². The highest BCUT2D eigenvalue weighted by atomic mass is 32.2. The third-order valence-corrected chi connectivity index (χ3v) is 4.09. The largest absolute Gasteiger partial charge is 0.399 e. The van der Waals surface area contributed by atoms with Gasteiger partial charge in [0.2, 0.25) is 5.96 Å².